The Kier molecular flexibility index (Phi) is 6.82. The molecule has 31 heavy (non-hydrogen) atoms. The molecule has 1 aromatic heterocycles. The van der Waals surface area contributed by atoms with Gasteiger partial charge in [0.1, 0.15) is 18.2 Å². The van der Waals surface area contributed by atoms with Gasteiger partial charge in [-0.3, -0.25) is 4.98 Å². The molecule has 0 unspecified atom stereocenters. The van der Waals surface area contributed by atoms with Gasteiger partial charge in [0.05, 0.1) is 29.7 Å². The number of halogens is 1. The lowest BCUT2D eigenvalue weighted by molar-refractivity contribution is -0.137. The Hall–Kier alpha value is -2.71. The first-order valence-corrected chi connectivity index (χ1v) is 10.2. The number of pyridine rings is 1. The van der Waals surface area contributed by atoms with Crippen LogP contribution in [0.2, 0.25) is 0 Å². The molecule has 0 bridgehead atoms. The molecular weight excluding hydrogens is 400 g/mol. The molecule has 0 aliphatic carbocycles. The Bertz CT molecular complexity index is 943. The highest BCUT2D eigenvalue weighted by Gasteiger charge is 2.52. The van der Waals surface area contributed by atoms with Crippen molar-refractivity contribution in [3.05, 3.63) is 59.7 Å². The number of aromatic nitrogens is 1. The standard InChI is InChI=1S/C23H27BFNO5/c1-6-28-21(27)12-9-18-8-10-19(14-26-18)29-15-16-13-17(25)7-11-20(16)24-30-22(2,3)23(4,5)31-24/h7-14H,6,15H2,1-5H3/b12-9+. The van der Waals surface area contributed by atoms with Crippen molar-refractivity contribution >= 4 is 24.6 Å². The zero-order valence-electron chi connectivity index (χ0n) is 18.5. The molecule has 0 spiro atoms. The lowest BCUT2D eigenvalue weighted by atomic mass is 9.76. The minimum Gasteiger partial charge on any atom is -0.487 e. The summed E-state index contributed by atoms with van der Waals surface area (Å²) in [5.74, 6) is -0.278. The summed E-state index contributed by atoms with van der Waals surface area (Å²) in [5.41, 5.74) is 0.943. The highest BCUT2D eigenvalue weighted by Crippen LogP contribution is 2.36. The maximum Gasteiger partial charge on any atom is 0.495 e. The van der Waals surface area contributed by atoms with Gasteiger partial charge in [-0.1, -0.05) is 6.07 Å². The molecule has 1 aliphatic rings. The quantitative estimate of drug-likeness (QED) is 0.382. The molecule has 1 aromatic carbocycles. The van der Waals surface area contributed by atoms with Crippen LogP contribution in [0.15, 0.2) is 42.6 Å². The second-order valence-electron chi connectivity index (χ2n) is 8.22. The van der Waals surface area contributed by atoms with E-state index in [0.29, 0.717) is 23.6 Å². The Labute approximate surface area is 182 Å². The molecule has 2 heterocycles. The maximum atomic E-state index is 13.9. The van der Waals surface area contributed by atoms with Gasteiger partial charge in [0.25, 0.3) is 0 Å². The van der Waals surface area contributed by atoms with Crippen LogP contribution in [0, 0.1) is 5.82 Å². The van der Waals surface area contributed by atoms with Crippen molar-refractivity contribution < 1.29 is 28.0 Å². The van der Waals surface area contributed by atoms with Crippen LogP contribution in [-0.4, -0.2) is 35.9 Å². The Balaban J connectivity index is 1.70. The second-order valence-corrected chi connectivity index (χ2v) is 8.22. The van der Waals surface area contributed by atoms with E-state index in [1.54, 1.807) is 37.4 Å². The molecule has 8 heteroatoms. The fourth-order valence-corrected chi connectivity index (χ4v) is 2.98. The van der Waals surface area contributed by atoms with Crippen molar-refractivity contribution in [1.82, 2.24) is 4.98 Å². The fraction of sp³-hybridized carbons (Fsp3) is 0.391. The van der Waals surface area contributed by atoms with Crippen LogP contribution < -0.4 is 10.2 Å². The molecule has 0 saturated carbocycles. The van der Waals surface area contributed by atoms with Crippen LogP contribution >= 0.6 is 0 Å². The van der Waals surface area contributed by atoms with E-state index in [1.165, 1.54) is 18.2 Å². The SMILES string of the molecule is CCOC(=O)/C=C/c1ccc(OCc2cc(F)ccc2B2OC(C)(C)C(C)(C)O2)cn1. The summed E-state index contributed by atoms with van der Waals surface area (Å²) in [4.78, 5) is 15.6. The molecular formula is C23H27BFNO5. The van der Waals surface area contributed by atoms with E-state index in [0.717, 1.165) is 5.46 Å². The minimum absolute atomic E-state index is 0.122. The largest absolute Gasteiger partial charge is 0.495 e. The number of esters is 1. The van der Waals surface area contributed by atoms with Crippen LogP contribution in [0.25, 0.3) is 6.08 Å². The fourth-order valence-electron chi connectivity index (χ4n) is 2.98. The first-order valence-electron chi connectivity index (χ1n) is 10.2. The van der Waals surface area contributed by atoms with Gasteiger partial charge < -0.3 is 18.8 Å². The smallest absolute Gasteiger partial charge is 0.487 e. The van der Waals surface area contributed by atoms with E-state index in [4.69, 9.17) is 18.8 Å². The molecule has 0 amide bonds. The molecule has 1 aliphatic heterocycles. The van der Waals surface area contributed by atoms with Crippen LogP contribution in [0.3, 0.4) is 0 Å². The Morgan fingerprint density at radius 1 is 1.16 bits per heavy atom. The van der Waals surface area contributed by atoms with E-state index < -0.39 is 24.3 Å². The summed E-state index contributed by atoms with van der Waals surface area (Å²) in [6, 6.07) is 7.91. The normalized spacial score (nSPS) is 17.2. The zero-order chi connectivity index (χ0) is 22.6. The summed E-state index contributed by atoms with van der Waals surface area (Å²) in [5, 5.41) is 0. The zero-order valence-corrected chi connectivity index (χ0v) is 18.5. The van der Waals surface area contributed by atoms with Crippen molar-refractivity contribution in [3.63, 3.8) is 0 Å². The predicted molar refractivity (Wildman–Crippen MR) is 116 cm³/mol. The van der Waals surface area contributed by atoms with Crippen molar-refractivity contribution in [2.45, 2.75) is 52.4 Å². The van der Waals surface area contributed by atoms with E-state index >= 15 is 0 Å². The van der Waals surface area contributed by atoms with Crippen molar-refractivity contribution in [3.8, 4) is 5.75 Å². The number of rotatable bonds is 7. The second kappa shape index (κ2) is 9.20. The van der Waals surface area contributed by atoms with E-state index in [1.807, 2.05) is 27.7 Å². The molecule has 0 radical (unpaired) electrons. The highest BCUT2D eigenvalue weighted by atomic mass is 19.1. The van der Waals surface area contributed by atoms with E-state index in [9.17, 15) is 9.18 Å². The van der Waals surface area contributed by atoms with Gasteiger partial charge in [-0.2, -0.15) is 0 Å². The van der Waals surface area contributed by atoms with Gasteiger partial charge in [-0.15, -0.1) is 0 Å². The third-order valence-electron chi connectivity index (χ3n) is 5.44. The van der Waals surface area contributed by atoms with Crippen molar-refractivity contribution in [2.75, 3.05) is 6.61 Å². The van der Waals surface area contributed by atoms with Crippen LogP contribution in [0.1, 0.15) is 45.9 Å². The molecule has 0 N–H and O–H groups in total. The summed E-state index contributed by atoms with van der Waals surface area (Å²) in [7, 11) is -0.613. The summed E-state index contributed by atoms with van der Waals surface area (Å²) in [6.07, 6.45) is 4.42. The minimum atomic E-state index is -0.613. The van der Waals surface area contributed by atoms with Crippen molar-refractivity contribution in [1.29, 1.82) is 0 Å². The molecule has 164 valence electrons. The van der Waals surface area contributed by atoms with Gasteiger partial charge in [0.15, 0.2) is 0 Å². The molecule has 1 fully saturated rings. The number of hydrogen-bond donors (Lipinski definition) is 0. The number of hydrogen-bond acceptors (Lipinski definition) is 6. The van der Waals surface area contributed by atoms with Gasteiger partial charge in [-0.05, 0) is 76.0 Å². The number of carbonyl (C=O) groups excluding carboxylic acids is 1. The van der Waals surface area contributed by atoms with Crippen molar-refractivity contribution in [2.24, 2.45) is 0 Å². The Morgan fingerprint density at radius 2 is 1.87 bits per heavy atom. The average molecular weight is 427 g/mol. The first kappa shape index (κ1) is 23.0. The summed E-state index contributed by atoms with van der Waals surface area (Å²) < 4.78 is 36.8. The van der Waals surface area contributed by atoms with E-state index in [-0.39, 0.29) is 12.4 Å². The lowest BCUT2D eigenvalue weighted by Gasteiger charge is -2.32. The van der Waals surface area contributed by atoms with E-state index in [2.05, 4.69) is 4.98 Å². The molecule has 1 saturated heterocycles. The first-order chi connectivity index (χ1) is 14.6. The van der Waals surface area contributed by atoms with Crippen LogP contribution in [0.5, 0.6) is 5.75 Å². The van der Waals surface area contributed by atoms with Gasteiger partial charge in [0.2, 0.25) is 0 Å². The maximum absolute atomic E-state index is 13.9. The number of ether oxygens (including phenoxy) is 2. The summed E-state index contributed by atoms with van der Waals surface area (Å²) >= 11 is 0. The van der Waals surface area contributed by atoms with Gasteiger partial charge in [-0.25, -0.2) is 9.18 Å². The van der Waals surface area contributed by atoms with Gasteiger partial charge >= 0.3 is 13.1 Å². The molecule has 0 atom stereocenters. The third kappa shape index (κ3) is 5.51. The third-order valence-corrected chi connectivity index (χ3v) is 5.44. The molecule has 3 rings (SSSR count). The highest BCUT2D eigenvalue weighted by molar-refractivity contribution is 6.62. The molecule has 2 aromatic rings. The number of benzene rings is 1. The topological polar surface area (TPSA) is 66.9 Å². The summed E-state index contributed by atoms with van der Waals surface area (Å²) in [6.45, 7) is 10.1. The predicted octanol–water partition coefficient (Wildman–Crippen LogP) is 3.68. The van der Waals surface area contributed by atoms with Crippen LogP contribution in [0.4, 0.5) is 4.39 Å². The average Bonchev–Trinajstić information content (AvgIpc) is 2.93. The number of carbonyl (C=O) groups is 1. The molecule has 6 nitrogen and oxygen atoms in total. The lowest BCUT2D eigenvalue weighted by Crippen LogP contribution is -2.41. The Morgan fingerprint density at radius 3 is 2.48 bits per heavy atom. The monoisotopic (exact) mass is 427 g/mol. The number of nitrogens with zero attached hydrogens (tertiary/aromatic N) is 1. The van der Waals surface area contributed by atoms with Gasteiger partial charge in [0, 0.05) is 6.08 Å². The van der Waals surface area contributed by atoms with Crippen LogP contribution in [-0.2, 0) is 25.4 Å².